The van der Waals surface area contributed by atoms with Crippen LogP contribution in [0.2, 0.25) is 0 Å². The fourth-order valence-corrected chi connectivity index (χ4v) is 6.27. The molecule has 0 saturated heterocycles. The SMILES string of the molecule is CCC1(C)c2cccc3nc(C(C)(C)C)[n+]4c5c(n(c4c23)C1(C)CC)C(C)CC=C5. The van der Waals surface area contributed by atoms with Crippen LogP contribution in [0.5, 0.6) is 0 Å². The summed E-state index contributed by atoms with van der Waals surface area (Å²) in [5, 5.41) is 1.36. The quantitative estimate of drug-likeness (QED) is 0.455. The highest BCUT2D eigenvalue weighted by Crippen LogP contribution is 2.54. The summed E-state index contributed by atoms with van der Waals surface area (Å²) in [5.41, 5.74) is 6.84. The van der Waals surface area contributed by atoms with Gasteiger partial charge in [0.1, 0.15) is 11.4 Å². The molecule has 3 atom stereocenters. The zero-order valence-electron chi connectivity index (χ0n) is 19.9. The molecular weight excluding hydrogens is 366 g/mol. The number of nitrogens with zero attached hydrogens (tertiary/aromatic N) is 3. The fraction of sp³-hybridized carbons (Fsp3) is 0.556. The summed E-state index contributed by atoms with van der Waals surface area (Å²) in [5.74, 6) is 1.67. The second kappa shape index (κ2) is 5.96. The molecule has 1 aromatic carbocycles. The molecule has 0 N–H and O–H groups in total. The summed E-state index contributed by atoms with van der Waals surface area (Å²) < 4.78 is 5.27. The van der Waals surface area contributed by atoms with Gasteiger partial charge in [-0.3, -0.25) is 4.57 Å². The minimum atomic E-state index is -0.0442. The molecule has 3 unspecified atom stereocenters. The summed E-state index contributed by atoms with van der Waals surface area (Å²) >= 11 is 0. The maximum absolute atomic E-state index is 5.31. The van der Waals surface area contributed by atoms with Gasteiger partial charge in [-0.05, 0) is 43.9 Å². The van der Waals surface area contributed by atoms with Gasteiger partial charge in [0.2, 0.25) is 11.5 Å². The van der Waals surface area contributed by atoms with Gasteiger partial charge >= 0.3 is 0 Å². The lowest BCUT2D eigenvalue weighted by Crippen LogP contribution is -2.52. The Kier molecular flexibility index (Phi) is 3.93. The van der Waals surface area contributed by atoms with E-state index < -0.39 is 0 Å². The highest BCUT2D eigenvalue weighted by molar-refractivity contribution is 5.95. The molecule has 2 aliphatic rings. The van der Waals surface area contributed by atoms with Crippen LogP contribution in [0.25, 0.3) is 22.6 Å². The standard InChI is InChI=1S/C27H36N3/c1-9-26(7)18-14-12-15-19-21(18)23-29(24(28-19)25(4,5)6)20-16-11-13-17(3)22(20)30(23)27(26,8)10-2/h11-12,14-17H,9-10,13H2,1-8H3/q+1. The van der Waals surface area contributed by atoms with Gasteiger partial charge in [0.25, 0.3) is 0 Å². The van der Waals surface area contributed by atoms with Crippen LogP contribution in [0.15, 0.2) is 24.3 Å². The largest absolute Gasteiger partial charge is 0.253 e. The maximum atomic E-state index is 5.31. The molecule has 0 radical (unpaired) electrons. The zero-order valence-corrected chi connectivity index (χ0v) is 19.9. The molecule has 5 rings (SSSR count). The molecule has 158 valence electrons. The van der Waals surface area contributed by atoms with Crippen LogP contribution in [-0.4, -0.2) is 9.55 Å². The third-order valence-electron chi connectivity index (χ3n) is 8.45. The van der Waals surface area contributed by atoms with E-state index in [-0.39, 0.29) is 16.4 Å². The van der Waals surface area contributed by atoms with E-state index in [1.807, 2.05) is 0 Å². The Morgan fingerprint density at radius 3 is 2.53 bits per heavy atom. The highest BCUT2D eigenvalue weighted by atomic mass is 15.2. The molecule has 0 amide bonds. The molecule has 3 heteroatoms. The van der Waals surface area contributed by atoms with Crippen molar-refractivity contribution in [2.45, 2.75) is 96.9 Å². The lowest BCUT2D eigenvalue weighted by molar-refractivity contribution is -0.531. The lowest BCUT2D eigenvalue weighted by atomic mass is 9.62. The second-order valence-corrected chi connectivity index (χ2v) is 11.0. The van der Waals surface area contributed by atoms with Gasteiger partial charge in [-0.15, -0.1) is 4.98 Å². The van der Waals surface area contributed by atoms with Crippen molar-refractivity contribution in [3.05, 3.63) is 47.1 Å². The molecule has 1 aliphatic heterocycles. The first-order valence-electron chi connectivity index (χ1n) is 11.7. The van der Waals surface area contributed by atoms with Crippen molar-refractivity contribution in [3.63, 3.8) is 0 Å². The van der Waals surface area contributed by atoms with Crippen molar-refractivity contribution in [1.82, 2.24) is 9.55 Å². The van der Waals surface area contributed by atoms with E-state index >= 15 is 0 Å². The van der Waals surface area contributed by atoms with Crippen molar-refractivity contribution in [2.24, 2.45) is 0 Å². The van der Waals surface area contributed by atoms with E-state index in [2.05, 4.69) is 94.7 Å². The number of benzene rings is 1. The van der Waals surface area contributed by atoms with Gasteiger partial charge < -0.3 is 0 Å². The van der Waals surface area contributed by atoms with Gasteiger partial charge in [-0.1, -0.05) is 66.7 Å². The molecule has 3 aromatic rings. The van der Waals surface area contributed by atoms with Crippen molar-refractivity contribution >= 4 is 22.6 Å². The second-order valence-electron chi connectivity index (χ2n) is 11.0. The Morgan fingerprint density at radius 2 is 1.90 bits per heavy atom. The number of hydrogen-bond acceptors (Lipinski definition) is 1. The van der Waals surface area contributed by atoms with Crippen LogP contribution in [0.4, 0.5) is 0 Å². The van der Waals surface area contributed by atoms with Crippen LogP contribution in [0, 0.1) is 0 Å². The van der Waals surface area contributed by atoms with Gasteiger partial charge in [-0.25, -0.2) is 0 Å². The summed E-state index contributed by atoms with van der Waals surface area (Å²) in [6.07, 6.45) is 8.03. The van der Waals surface area contributed by atoms with Crippen LogP contribution in [0.3, 0.4) is 0 Å². The third-order valence-corrected chi connectivity index (χ3v) is 8.45. The molecule has 30 heavy (non-hydrogen) atoms. The summed E-state index contributed by atoms with van der Waals surface area (Å²) in [7, 11) is 0. The highest BCUT2D eigenvalue weighted by Gasteiger charge is 2.55. The Balaban J connectivity index is 2.15. The fourth-order valence-electron chi connectivity index (χ4n) is 6.27. The molecule has 0 saturated carbocycles. The first-order chi connectivity index (χ1) is 14.1. The average molecular weight is 403 g/mol. The predicted molar refractivity (Wildman–Crippen MR) is 125 cm³/mol. The number of rotatable bonds is 2. The molecular formula is C27H36N3+. The summed E-state index contributed by atoms with van der Waals surface area (Å²) in [6, 6.07) is 6.81. The smallest absolute Gasteiger partial charge is 0.249 e. The number of fused-ring (bicyclic) bond motifs is 3. The third kappa shape index (κ3) is 2.11. The van der Waals surface area contributed by atoms with Crippen LogP contribution in [0.1, 0.15) is 103 Å². The Bertz CT molecular complexity index is 1220. The minimum Gasteiger partial charge on any atom is -0.253 e. The topological polar surface area (TPSA) is 21.9 Å². The Labute approximate surface area is 180 Å². The molecule has 3 nitrogen and oxygen atoms in total. The monoisotopic (exact) mass is 402 g/mol. The molecule has 1 aliphatic carbocycles. The average Bonchev–Trinajstić information content (AvgIpc) is 3.07. The number of hydrogen-bond donors (Lipinski definition) is 0. The zero-order chi connectivity index (χ0) is 21.6. The van der Waals surface area contributed by atoms with Gasteiger partial charge in [0.05, 0.1) is 16.3 Å². The minimum absolute atomic E-state index is 0.0117. The first kappa shape index (κ1) is 19.8. The summed E-state index contributed by atoms with van der Waals surface area (Å²) in [6.45, 7) is 19.0. The van der Waals surface area contributed by atoms with E-state index in [9.17, 15) is 0 Å². The Morgan fingerprint density at radius 1 is 1.17 bits per heavy atom. The van der Waals surface area contributed by atoms with Crippen molar-refractivity contribution < 1.29 is 4.40 Å². The first-order valence-corrected chi connectivity index (χ1v) is 11.7. The van der Waals surface area contributed by atoms with E-state index in [0.717, 1.165) is 30.6 Å². The number of imidazole rings is 1. The van der Waals surface area contributed by atoms with Crippen LogP contribution < -0.4 is 4.40 Å². The maximum Gasteiger partial charge on any atom is 0.249 e. The van der Waals surface area contributed by atoms with Gasteiger partial charge in [-0.2, -0.15) is 4.40 Å². The van der Waals surface area contributed by atoms with Crippen LogP contribution >= 0.6 is 0 Å². The van der Waals surface area contributed by atoms with Gasteiger partial charge in [0, 0.05) is 11.3 Å². The van der Waals surface area contributed by atoms with Crippen LogP contribution in [-0.2, 0) is 16.4 Å². The van der Waals surface area contributed by atoms with E-state index in [0.29, 0.717) is 5.92 Å². The van der Waals surface area contributed by atoms with Gasteiger partial charge in [0.15, 0.2) is 5.52 Å². The predicted octanol–water partition coefficient (Wildman–Crippen LogP) is 6.40. The van der Waals surface area contributed by atoms with Crippen molar-refractivity contribution in [3.8, 4) is 0 Å². The van der Waals surface area contributed by atoms with E-state index in [1.54, 1.807) is 0 Å². The molecule has 0 bridgehead atoms. The number of aromatic nitrogens is 3. The number of allylic oxidation sites excluding steroid dienone is 1. The Hall–Kier alpha value is -2.16. The molecule has 0 fully saturated rings. The normalized spacial score (nSPS) is 27.9. The van der Waals surface area contributed by atoms with Crippen molar-refractivity contribution in [2.75, 3.05) is 0 Å². The van der Waals surface area contributed by atoms with E-state index in [1.165, 1.54) is 28.0 Å². The molecule has 2 aromatic heterocycles. The van der Waals surface area contributed by atoms with Crippen molar-refractivity contribution in [1.29, 1.82) is 0 Å². The molecule has 3 heterocycles. The molecule has 0 spiro atoms. The van der Waals surface area contributed by atoms with E-state index in [4.69, 9.17) is 4.98 Å². The summed E-state index contributed by atoms with van der Waals surface area (Å²) in [4.78, 5) is 5.31. The lowest BCUT2D eigenvalue weighted by Gasteiger charge is -2.48.